The summed E-state index contributed by atoms with van der Waals surface area (Å²) in [6.07, 6.45) is -0.843. The van der Waals surface area contributed by atoms with Gasteiger partial charge in [-0.25, -0.2) is 0 Å². The highest BCUT2D eigenvalue weighted by molar-refractivity contribution is 6.08. The van der Waals surface area contributed by atoms with Crippen LogP contribution < -0.4 is 0 Å². The Hall–Kier alpha value is -1.54. The van der Waals surface area contributed by atoms with Gasteiger partial charge < -0.3 is 25.2 Å². The van der Waals surface area contributed by atoms with Gasteiger partial charge in [0.25, 0.3) is 0 Å². The van der Waals surface area contributed by atoms with Gasteiger partial charge in [0, 0.05) is 17.4 Å². The van der Waals surface area contributed by atoms with E-state index in [9.17, 15) is 30.0 Å². The highest BCUT2D eigenvalue weighted by atomic mass is 16.6. The number of aliphatic hydroxyl groups excluding tert-OH is 3. The van der Waals surface area contributed by atoms with Crippen molar-refractivity contribution in [2.45, 2.75) is 51.1 Å². The lowest BCUT2D eigenvalue weighted by Gasteiger charge is -2.72. The van der Waals surface area contributed by atoms with Crippen molar-refractivity contribution in [3.05, 3.63) is 24.0 Å². The third-order valence-electron chi connectivity index (χ3n) is 8.65. The fourth-order valence-corrected chi connectivity index (χ4v) is 7.80. The first kappa shape index (κ1) is 18.5. The molecule has 6 fully saturated rings. The Labute approximate surface area is 162 Å². The Morgan fingerprint density at radius 3 is 2.46 bits per heavy atom. The average Bonchev–Trinajstić information content (AvgIpc) is 2.75. The molecule has 4 bridgehead atoms. The van der Waals surface area contributed by atoms with E-state index < -0.39 is 57.8 Å². The van der Waals surface area contributed by atoms with Crippen molar-refractivity contribution in [3.63, 3.8) is 0 Å². The first-order chi connectivity index (χ1) is 13.0. The molecular formula is C21H26O7. The molecule has 7 heteroatoms. The molecule has 0 amide bonds. The zero-order chi connectivity index (χ0) is 20.4. The number of ketones is 2. The Kier molecular flexibility index (Phi) is 3.27. The van der Waals surface area contributed by atoms with Crippen LogP contribution >= 0.6 is 0 Å². The maximum atomic E-state index is 13.6. The Morgan fingerprint density at radius 2 is 1.82 bits per heavy atom. The Bertz CT molecular complexity index is 859. The smallest absolute Gasteiger partial charge is 0.208 e. The molecule has 0 aromatic rings. The predicted molar refractivity (Wildman–Crippen MR) is 95.7 cm³/mol. The van der Waals surface area contributed by atoms with E-state index in [0.717, 1.165) is 6.26 Å². The molecule has 6 rings (SSSR count). The highest BCUT2D eigenvalue weighted by Crippen LogP contribution is 2.76. The van der Waals surface area contributed by atoms with E-state index in [2.05, 4.69) is 6.58 Å². The molecule has 0 unspecified atom stereocenters. The minimum atomic E-state index is -2.28. The topological polar surface area (TPSA) is 124 Å². The molecule has 4 saturated carbocycles. The lowest BCUT2D eigenvalue weighted by atomic mass is 9.35. The van der Waals surface area contributed by atoms with Crippen LogP contribution in [-0.2, 0) is 14.3 Å². The molecule has 0 aromatic heterocycles. The average molecular weight is 390 g/mol. The summed E-state index contributed by atoms with van der Waals surface area (Å²) in [6, 6.07) is 0. The summed E-state index contributed by atoms with van der Waals surface area (Å²) in [5.41, 5.74) is -3.31. The second-order valence-electron chi connectivity index (χ2n) is 10.0. The first-order valence-electron chi connectivity index (χ1n) is 9.86. The number of ether oxygens (including phenoxy) is 1. The first-order valence-corrected chi connectivity index (χ1v) is 9.86. The number of hydrogen-bond acceptors (Lipinski definition) is 7. The summed E-state index contributed by atoms with van der Waals surface area (Å²) < 4.78 is 5.73. The number of allylic oxidation sites excluding steroid dienone is 1. The van der Waals surface area contributed by atoms with Gasteiger partial charge in [0.2, 0.25) is 5.79 Å². The van der Waals surface area contributed by atoms with Gasteiger partial charge in [-0.2, -0.15) is 0 Å². The van der Waals surface area contributed by atoms with E-state index in [-0.39, 0.29) is 30.0 Å². The fourth-order valence-electron chi connectivity index (χ4n) is 7.80. The summed E-state index contributed by atoms with van der Waals surface area (Å²) >= 11 is 0. The molecule has 7 nitrogen and oxygen atoms in total. The summed E-state index contributed by atoms with van der Waals surface area (Å²) in [7, 11) is 0. The number of carbonyl (C=O) groups is 2. The molecule has 2 spiro atoms. The maximum Gasteiger partial charge on any atom is 0.208 e. The van der Waals surface area contributed by atoms with Crippen LogP contribution in [0.2, 0.25) is 0 Å². The van der Waals surface area contributed by atoms with Crippen molar-refractivity contribution >= 4 is 11.6 Å². The van der Waals surface area contributed by atoms with E-state index in [1.165, 1.54) is 0 Å². The fraction of sp³-hybridized carbons (Fsp3) is 0.714. The monoisotopic (exact) mass is 390 g/mol. The van der Waals surface area contributed by atoms with Gasteiger partial charge in [-0.1, -0.05) is 20.4 Å². The standard InChI is InChI=1S/C21H26O7/c1-9-11-4-5-12-19-8-28-21(27,20(12,14(9)23)16(11)25)17(26)13(19)18(2,3)6-10(7-22)15(19)24/h7,11-13,16-17,22,25-27H,1,4-6,8H2,2-3H3/b10-7-/t11-,12-,13+,16+,17-,19-,20-,21-/m0/s1. The van der Waals surface area contributed by atoms with Crippen molar-refractivity contribution in [1.82, 2.24) is 0 Å². The lowest BCUT2D eigenvalue weighted by Crippen LogP contribution is -2.85. The molecule has 4 aliphatic carbocycles. The Balaban J connectivity index is 1.84. The van der Waals surface area contributed by atoms with Crippen LogP contribution in [0.1, 0.15) is 33.1 Å². The second kappa shape index (κ2) is 4.95. The molecule has 0 aromatic carbocycles. The zero-order valence-corrected chi connectivity index (χ0v) is 16.0. The molecule has 28 heavy (non-hydrogen) atoms. The van der Waals surface area contributed by atoms with E-state index in [1.54, 1.807) is 0 Å². The normalized spacial score (nSPS) is 55.4. The number of rotatable bonds is 0. The molecule has 0 radical (unpaired) electrons. The SMILES string of the molecule is C=C1C(=O)[C@]23[C@H](O)[C@H]1CC[C@H]2[C@@]12CO[C@@]3(O)[C@@H](O)[C@@H]1C(C)(C)C/C(=C/O)C2=O. The van der Waals surface area contributed by atoms with Crippen LogP contribution in [-0.4, -0.2) is 56.6 Å². The molecule has 2 heterocycles. The van der Waals surface area contributed by atoms with Crippen LogP contribution in [0.5, 0.6) is 0 Å². The highest BCUT2D eigenvalue weighted by Gasteiger charge is 2.87. The van der Waals surface area contributed by atoms with Crippen LogP contribution in [0.4, 0.5) is 0 Å². The number of carbonyl (C=O) groups excluding carboxylic acids is 2. The molecule has 152 valence electrons. The van der Waals surface area contributed by atoms with Crippen molar-refractivity contribution in [3.8, 4) is 0 Å². The van der Waals surface area contributed by atoms with Gasteiger partial charge in [-0.05, 0) is 36.2 Å². The molecule has 4 N–H and O–H groups in total. The molecular weight excluding hydrogens is 364 g/mol. The van der Waals surface area contributed by atoms with Gasteiger partial charge in [-0.3, -0.25) is 9.59 Å². The number of Topliss-reactive ketones (excluding diaryl/α,β-unsaturated/α-hetero) is 2. The second-order valence-corrected chi connectivity index (χ2v) is 10.0. The van der Waals surface area contributed by atoms with Crippen molar-refractivity contribution in [2.24, 2.45) is 34.0 Å². The quantitative estimate of drug-likeness (QED) is 0.353. The minimum absolute atomic E-state index is 0.158. The van der Waals surface area contributed by atoms with Crippen molar-refractivity contribution < 1.29 is 34.8 Å². The molecule has 6 aliphatic rings. The largest absolute Gasteiger partial charge is 0.515 e. The van der Waals surface area contributed by atoms with E-state index in [1.807, 2.05) is 13.8 Å². The Morgan fingerprint density at radius 1 is 1.14 bits per heavy atom. The van der Waals surface area contributed by atoms with Crippen LogP contribution in [0, 0.1) is 34.0 Å². The molecule has 8 atom stereocenters. The van der Waals surface area contributed by atoms with Crippen LogP contribution in [0.25, 0.3) is 0 Å². The van der Waals surface area contributed by atoms with Crippen LogP contribution in [0.3, 0.4) is 0 Å². The number of aliphatic hydroxyl groups is 4. The minimum Gasteiger partial charge on any atom is -0.515 e. The van der Waals surface area contributed by atoms with Gasteiger partial charge in [0.15, 0.2) is 11.6 Å². The summed E-state index contributed by atoms with van der Waals surface area (Å²) in [5, 5.41) is 43.8. The van der Waals surface area contributed by atoms with E-state index in [0.29, 0.717) is 12.8 Å². The van der Waals surface area contributed by atoms with Gasteiger partial charge >= 0.3 is 0 Å². The van der Waals surface area contributed by atoms with Crippen LogP contribution in [0.15, 0.2) is 24.0 Å². The van der Waals surface area contributed by atoms with Crippen molar-refractivity contribution in [1.29, 1.82) is 0 Å². The van der Waals surface area contributed by atoms with Gasteiger partial charge in [0.05, 0.1) is 24.4 Å². The molecule has 2 aliphatic heterocycles. The lowest BCUT2D eigenvalue weighted by molar-refractivity contribution is -0.436. The number of fused-ring (bicyclic) bond motifs is 2. The molecule has 2 saturated heterocycles. The third-order valence-corrected chi connectivity index (χ3v) is 8.65. The summed E-state index contributed by atoms with van der Waals surface area (Å²) in [6.45, 7) is 7.45. The zero-order valence-electron chi connectivity index (χ0n) is 16.0. The predicted octanol–water partition coefficient (Wildman–Crippen LogP) is 0.636. The third kappa shape index (κ3) is 1.51. The maximum absolute atomic E-state index is 13.6. The van der Waals surface area contributed by atoms with E-state index in [4.69, 9.17) is 4.74 Å². The summed E-state index contributed by atoms with van der Waals surface area (Å²) in [5.74, 6) is -5.05. The van der Waals surface area contributed by atoms with Gasteiger partial charge in [0.1, 0.15) is 11.5 Å². The van der Waals surface area contributed by atoms with Crippen molar-refractivity contribution in [2.75, 3.05) is 6.61 Å². The van der Waals surface area contributed by atoms with E-state index >= 15 is 0 Å². The number of hydrogen-bond donors (Lipinski definition) is 4. The summed E-state index contributed by atoms with van der Waals surface area (Å²) in [4.78, 5) is 27.0. The van der Waals surface area contributed by atoms with Gasteiger partial charge in [-0.15, -0.1) is 0 Å².